The summed E-state index contributed by atoms with van der Waals surface area (Å²) in [6.07, 6.45) is 3.42. The summed E-state index contributed by atoms with van der Waals surface area (Å²) in [7, 11) is 0. The van der Waals surface area contributed by atoms with Crippen LogP contribution in [0, 0.1) is 0 Å². The van der Waals surface area contributed by atoms with Crippen LogP contribution >= 0.6 is 11.6 Å². The summed E-state index contributed by atoms with van der Waals surface area (Å²) in [5, 5.41) is 4.17. The molecule has 2 rings (SSSR count). The Kier molecular flexibility index (Phi) is 3.65. The third-order valence-electron chi connectivity index (χ3n) is 2.50. The van der Waals surface area contributed by atoms with Gasteiger partial charge >= 0.3 is 0 Å². The zero-order valence-electron chi connectivity index (χ0n) is 9.11. The van der Waals surface area contributed by atoms with Gasteiger partial charge in [0.25, 0.3) is 0 Å². The van der Waals surface area contributed by atoms with E-state index in [9.17, 15) is 0 Å². The predicted octanol–water partition coefficient (Wildman–Crippen LogP) is 3.63. The predicted molar refractivity (Wildman–Crippen MR) is 65.7 cm³/mol. The molecule has 84 valence electrons. The molecule has 0 amide bonds. The number of furan rings is 1. The number of benzene rings is 1. The first-order valence-electron chi connectivity index (χ1n) is 5.33. The monoisotopic (exact) mass is 235 g/mol. The Balaban J connectivity index is 2.37. The Labute approximate surface area is 100 Å². The van der Waals surface area contributed by atoms with Gasteiger partial charge in [-0.2, -0.15) is 0 Å². The Morgan fingerprint density at radius 2 is 2.12 bits per heavy atom. The van der Waals surface area contributed by atoms with Crippen LogP contribution in [0.1, 0.15) is 24.1 Å². The van der Waals surface area contributed by atoms with E-state index in [-0.39, 0.29) is 6.04 Å². The molecule has 0 saturated carbocycles. The van der Waals surface area contributed by atoms with Crippen LogP contribution in [0.4, 0.5) is 0 Å². The van der Waals surface area contributed by atoms with Crippen molar-refractivity contribution < 1.29 is 4.42 Å². The van der Waals surface area contributed by atoms with E-state index in [0.29, 0.717) is 0 Å². The Bertz CT molecular complexity index is 439. The van der Waals surface area contributed by atoms with E-state index in [0.717, 1.165) is 22.7 Å². The molecule has 0 radical (unpaired) electrons. The van der Waals surface area contributed by atoms with Crippen molar-refractivity contribution >= 4 is 11.6 Å². The fourth-order valence-electron chi connectivity index (χ4n) is 1.76. The zero-order valence-corrected chi connectivity index (χ0v) is 9.87. The number of rotatable bonds is 4. The van der Waals surface area contributed by atoms with Crippen LogP contribution in [0.5, 0.6) is 0 Å². The van der Waals surface area contributed by atoms with Crippen molar-refractivity contribution in [3.8, 4) is 0 Å². The second-order valence-corrected chi connectivity index (χ2v) is 3.98. The van der Waals surface area contributed by atoms with Crippen LogP contribution in [0.15, 0.2) is 47.3 Å². The van der Waals surface area contributed by atoms with Gasteiger partial charge in [-0.1, -0.05) is 36.7 Å². The molecule has 0 spiro atoms. The molecule has 2 aromatic rings. The second-order valence-electron chi connectivity index (χ2n) is 3.57. The van der Waals surface area contributed by atoms with Crippen molar-refractivity contribution in [2.45, 2.75) is 13.0 Å². The average molecular weight is 236 g/mol. The molecule has 0 saturated heterocycles. The maximum absolute atomic E-state index is 6.20. The number of halogens is 1. The summed E-state index contributed by atoms with van der Waals surface area (Å²) in [5.41, 5.74) is 2.17. The lowest BCUT2D eigenvalue weighted by Crippen LogP contribution is -2.21. The molecule has 3 heteroatoms. The molecule has 0 aliphatic rings. The van der Waals surface area contributed by atoms with Gasteiger partial charge in [0.05, 0.1) is 18.6 Å². The van der Waals surface area contributed by atoms with E-state index < -0.39 is 0 Å². The quantitative estimate of drug-likeness (QED) is 0.876. The minimum absolute atomic E-state index is 0.0949. The van der Waals surface area contributed by atoms with Crippen LogP contribution < -0.4 is 5.32 Å². The Morgan fingerprint density at radius 3 is 2.75 bits per heavy atom. The third-order valence-corrected chi connectivity index (χ3v) is 2.85. The normalized spacial score (nSPS) is 12.6. The van der Waals surface area contributed by atoms with Crippen molar-refractivity contribution in [2.24, 2.45) is 0 Å². The lowest BCUT2D eigenvalue weighted by molar-refractivity contribution is 0.553. The first kappa shape index (κ1) is 11.2. The van der Waals surface area contributed by atoms with Crippen molar-refractivity contribution in [1.29, 1.82) is 0 Å². The van der Waals surface area contributed by atoms with E-state index in [1.165, 1.54) is 0 Å². The highest BCUT2D eigenvalue weighted by Gasteiger charge is 2.16. The zero-order chi connectivity index (χ0) is 11.4. The van der Waals surface area contributed by atoms with E-state index in [4.69, 9.17) is 16.0 Å². The molecular weight excluding hydrogens is 222 g/mol. The fourth-order valence-corrected chi connectivity index (χ4v) is 2.00. The molecule has 0 fully saturated rings. The second kappa shape index (κ2) is 5.19. The summed E-state index contributed by atoms with van der Waals surface area (Å²) in [6.45, 7) is 2.95. The third kappa shape index (κ3) is 2.29. The highest BCUT2D eigenvalue weighted by atomic mass is 35.5. The summed E-state index contributed by atoms with van der Waals surface area (Å²) in [4.78, 5) is 0. The van der Waals surface area contributed by atoms with Gasteiger partial charge in [0.2, 0.25) is 0 Å². The molecule has 16 heavy (non-hydrogen) atoms. The SMILES string of the molecule is CCNC(c1ccoc1)c1ccccc1Cl. The highest BCUT2D eigenvalue weighted by molar-refractivity contribution is 6.31. The van der Waals surface area contributed by atoms with Gasteiger partial charge in [-0.05, 0) is 24.2 Å². The van der Waals surface area contributed by atoms with Crippen molar-refractivity contribution in [3.63, 3.8) is 0 Å². The lowest BCUT2D eigenvalue weighted by atomic mass is 10.0. The van der Waals surface area contributed by atoms with Crippen molar-refractivity contribution in [3.05, 3.63) is 59.0 Å². The van der Waals surface area contributed by atoms with Gasteiger partial charge in [-0.15, -0.1) is 0 Å². The smallest absolute Gasteiger partial charge is 0.0953 e. The van der Waals surface area contributed by atoms with Crippen molar-refractivity contribution in [2.75, 3.05) is 6.54 Å². The van der Waals surface area contributed by atoms with Gasteiger partial charge < -0.3 is 9.73 Å². The fraction of sp³-hybridized carbons (Fsp3) is 0.231. The molecule has 1 unspecified atom stereocenters. The summed E-state index contributed by atoms with van der Waals surface area (Å²) in [5.74, 6) is 0. The topological polar surface area (TPSA) is 25.2 Å². The maximum atomic E-state index is 6.20. The number of nitrogens with one attached hydrogen (secondary N) is 1. The molecule has 0 aliphatic carbocycles. The minimum Gasteiger partial charge on any atom is -0.472 e. The summed E-state index contributed by atoms with van der Waals surface area (Å²) < 4.78 is 5.12. The van der Waals surface area contributed by atoms with E-state index in [2.05, 4.69) is 12.2 Å². The van der Waals surface area contributed by atoms with Gasteiger partial charge in [0.15, 0.2) is 0 Å². The average Bonchev–Trinajstić information content (AvgIpc) is 2.80. The Morgan fingerprint density at radius 1 is 1.31 bits per heavy atom. The van der Waals surface area contributed by atoms with Gasteiger partial charge in [-0.25, -0.2) is 0 Å². The first-order chi connectivity index (χ1) is 7.83. The molecule has 1 aromatic heterocycles. The minimum atomic E-state index is 0.0949. The standard InChI is InChI=1S/C13H14ClNO/c1-2-15-13(10-7-8-16-9-10)11-5-3-4-6-12(11)14/h3-9,13,15H,2H2,1H3. The maximum Gasteiger partial charge on any atom is 0.0953 e. The molecule has 1 aromatic carbocycles. The molecule has 1 heterocycles. The molecule has 2 nitrogen and oxygen atoms in total. The van der Waals surface area contributed by atoms with Crippen LogP contribution in [0.2, 0.25) is 5.02 Å². The summed E-state index contributed by atoms with van der Waals surface area (Å²) >= 11 is 6.20. The molecule has 1 N–H and O–H groups in total. The van der Waals surface area contributed by atoms with Crippen LogP contribution in [0.3, 0.4) is 0 Å². The first-order valence-corrected chi connectivity index (χ1v) is 5.70. The van der Waals surface area contributed by atoms with Crippen LogP contribution in [-0.4, -0.2) is 6.54 Å². The number of hydrogen-bond donors (Lipinski definition) is 1. The molecule has 1 atom stereocenters. The van der Waals surface area contributed by atoms with Crippen molar-refractivity contribution in [1.82, 2.24) is 5.32 Å². The van der Waals surface area contributed by atoms with E-state index in [1.54, 1.807) is 12.5 Å². The van der Waals surface area contributed by atoms with Gasteiger partial charge in [-0.3, -0.25) is 0 Å². The number of hydrogen-bond acceptors (Lipinski definition) is 2. The Hall–Kier alpha value is -1.25. The van der Waals surface area contributed by atoms with Gasteiger partial charge in [0, 0.05) is 10.6 Å². The highest BCUT2D eigenvalue weighted by Crippen LogP contribution is 2.28. The largest absolute Gasteiger partial charge is 0.472 e. The summed E-state index contributed by atoms with van der Waals surface area (Å²) in [6, 6.07) is 9.91. The molecular formula is C13H14ClNO. The molecule has 0 bridgehead atoms. The van der Waals surface area contributed by atoms with Gasteiger partial charge in [0.1, 0.15) is 0 Å². The molecule has 0 aliphatic heterocycles. The van der Waals surface area contributed by atoms with Crippen LogP contribution in [-0.2, 0) is 0 Å². The lowest BCUT2D eigenvalue weighted by Gasteiger charge is -2.17. The van der Waals surface area contributed by atoms with E-state index >= 15 is 0 Å². The van der Waals surface area contributed by atoms with Crippen LogP contribution in [0.25, 0.3) is 0 Å². The van der Waals surface area contributed by atoms with E-state index in [1.807, 2.05) is 30.3 Å².